The number of hydrogen-bond donors (Lipinski definition) is 1. The lowest BCUT2D eigenvalue weighted by atomic mass is 9.99. The van der Waals surface area contributed by atoms with E-state index in [0.717, 1.165) is 19.6 Å². The van der Waals surface area contributed by atoms with Gasteiger partial charge in [-0.1, -0.05) is 0 Å². The van der Waals surface area contributed by atoms with Crippen LogP contribution < -0.4 is 0 Å². The van der Waals surface area contributed by atoms with E-state index < -0.39 is 27.8 Å². The molecule has 5 rings (SSSR count). The number of hydrogen-bond acceptors (Lipinski definition) is 9. The van der Waals surface area contributed by atoms with Gasteiger partial charge in [0.15, 0.2) is 0 Å². The Labute approximate surface area is 221 Å². The zero-order valence-electron chi connectivity index (χ0n) is 21.0. The molecule has 3 aliphatic rings. The molecular formula is C26H31N3O8S. The maximum atomic E-state index is 13.1. The second-order valence-corrected chi connectivity index (χ2v) is 11.3. The van der Waals surface area contributed by atoms with E-state index >= 15 is 0 Å². The van der Waals surface area contributed by atoms with Crippen molar-refractivity contribution in [3.8, 4) is 0 Å². The minimum Gasteiger partial charge on any atom is -0.507 e. The molecule has 1 aromatic carbocycles. The lowest BCUT2D eigenvalue weighted by molar-refractivity contribution is -0.140. The molecule has 3 saturated heterocycles. The molecule has 1 N–H and O–H groups in total. The maximum absolute atomic E-state index is 13.1. The van der Waals surface area contributed by atoms with Gasteiger partial charge in [0.2, 0.25) is 10.0 Å². The number of aliphatic hydroxyl groups is 1. The summed E-state index contributed by atoms with van der Waals surface area (Å²) in [6.45, 7) is 5.22. The largest absolute Gasteiger partial charge is 0.507 e. The number of nitrogens with zero attached hydrogens (tertiary/aromatic N) is 3. The standard InChI is InChI=1S/C26H31N3O8S/c30-24(19-4-6-20(7-5-19)38(33,34)28-12-17-36-18-13-28)22-23(21-3-1-14-37-21)29(26(32)25(22)31)9-2-8-27-10-15-35-16-11-27/h1,3-7,14,23,30H,2,8-13,15-18H2. The van der Waals surface area contributed by atoms with Gasteiger partial charge in [-0.25, -0.2) is 8.42 Å². The summed E-state index contributed by atoms with van der Waals surface area (Å²) in [6.07, 6.45) is 2.09. The molecule has 3 aliphatic heterocycles. The normalized spacial score (nSPS) is 23.3. The molecule has 0 bridgehead atoms. The van der Waals surface area contributed by atoms with Crippen molar-refractivity contribution in [3.05, 3.63) is 59.6 Å². The van der Waals surface area contributed by atoms with Gasteiger partial charge >= 0.3 is 0 Å². The predicted molar refractivity (Wildman–Crippen MR) is 136 cm³/mol. The average Bonchev–Trinajstić information content (AvgIpc) is 3.57. The molecule has 204 valence electrons. The third kappa shape index (κ3) is 5.27. The Morgan fingerprint density at radius 3 is 2.21 bits per heavy atom. The first-order valence-electron chi connectivity index (χ1n) is 12.7. The first-order chi connectivity index (χ1) is 18.4. The number of benzene rings is 1. The summed E-state index contributed by atoms with van der Waals surface area (Å²) in [5.74, 6) is -1.53. The van der Waals surface area contributed by atoms with E-state index in [4.69, 9.17) is 13.9 Å². The van der Waals surface area contributed by atoms with Crippen LogP contribution in [0.15, 0.2) is 57.5 Å². The Hall–Kier alpha value is -3.03. The SMILES string of the molecule is O=C1C(=O)N(CCCN2CCOCC2)C(c2ccco2)C1=C(O)c1ccc(S(=O)(=O)N2CCOCC2)cc1. The van der Waals surface area contributed by atoms with E-state index in [9.17, 15) is 23.1 Å². The van der Waals surface area contributed by atoms with Gasteiger partial charge in [-0.05, 0) is 42.8 Å². The molecule has 3 fully saturated rings. The quantitative estimate of drug-likeness (QED) is 0.298. The van der Waals surface area contributed by atoms with Crippen LogP contribution in [0.1, 0.15) is 23.8 Å². The second-order valence-electron chi connectivity index (χ2n) is 9.36. The number of aliphatic hydroxyl groups excluding tert-OH is 1. The van der Waals surface area contributed by atoms with Crippen LogP contribution in [0.3, 0.4) is 0 Å². The Morgan fingerprint density at radius 2 is 1.58 bits per heavy atom. The topological polar surface area (TPSA) is 130 Å². The fourth-order valence-electron chi connectivity index (χ4n) is 5.02. The van der Waals surface area contributed by atoms with Crippen molar-refractivity contribution in [2.24, 2.45) is 0 Å². The summed E-state index contributed by atoms with van der Waals surface area (Å²) in [7, 11) is -3.72. The number of carbonyl (C=O) groups is 2. The average molecular weight is 546 g/mol. The van der Waals surface area contributed by atoms with Crippen LogP contribution in [0.2, 0.25) is 0 Å². The van der Waals surface area contributed by atoms with Gasteiger partial charge in [0, 0.05) is 44.8 Å². The Morgan fingerprint density at radius 1 is 0.921 bits per heavy atom. The number of carbonyl (C=O) groups excluding carboxylic acids is 2. The van der Waals surface area contributed by atoms with Crippen molar-refractivity contribution in [1.82, 2.24) is 14.1 Å². The van der Waals surface area contributed by atoms with Crippen LogP contribution in [0.4, 0.5) is 0 Å². The zero-order chi connectivity index (χ0) is 26.7. The van der Waals surface area contributed by atoms with E-state index in [1.807, 2.05) is 0 Å². The van der Waals surface area contributed by atoms with Crippen LogP contribution in [0.25, 0.3) is 5.76 Å². The maximum Gasteiger partial charge on any atom is 0.295 e. The number of likely N-dealkylation sites (tertiary alicyclic amines) is 1. The van der Waals surface area contributed by atoms with E-state index in [-0.39, 0.29) is 34.9 Å². The molecule has 0 saturated carbocycles. The number of amides is 1. The number of morpholine rings is 2. The Balaban J connectivity index is 1.40. The first kappa shape index (κ1) is 26.6. The summed E-state index contributed by atoms with van der Waals surface area (Å²) in [5.41, 5.74) is 0.147. The van der Waals surface area contributed by atoms with Gasteiger partial charge in [0.05, 0.1) is 43.2 Å². The van der Waals surface area contributed by atoms with Gasteiger partial charge in [0.25, 0.3) is 11.7 Å². The van der Waals surface area contributed by atoms with Crippen LogP contribution >= 0.6 is 0 Å². The molecule has 11 nitrogen and oxygen atoms in total. The summed E-state index contributed by atoms with van der Waals surface area (Å²) in [6, 6.07) is 8.10. The molecule has 4 heterocycles. The van der Waals surface area contributed by atoms with E-state index in [2.05, 4.69) is 4.90 Å². The fourth-order valence-corrected chi connectivity index (χ4v) is 6.43. The Kier molecular flexibility index (Phi) is 7.96. The van der Waals surface area contributed by atoms with E-state index in [1.165, 1.54) is 39.7 Å². The van der Waals surface area contributed by atoms with Crippen LogP contribution in [-0.2, 0) is 29.1 Å². The molecule has 0 aliphatic carbocycles. The van der Waals surface area contributed by atoms with Crippen LogP contribution in [-0.4, -0.2) is 105 Å². The molecule has 12 heteroatoms. The van der Waals surface area contributed by atoms with Crippen molar-refractivity contribution in [1.29, 1.82) is 0 Å². The number of Topliss-reactive ketones (excluding diaryl/α,β-unsaturated/α-hetero) is 1. The smallest absolute Gasteiger partial charge is 0.295 e. The summed E-state index contributed by atoms with van der Waals surface area (Å²) in [5, 5.41) is 11.2. The highest BCUT2D eigenvalue weighted by Crippen LogP contribution is 2.39. The molecule has 0 radical (unpaired) electrons. The van der Waals surface area contributed by atoms with Gasteiger partial charge in [0.1, 0.15) is 17.6 Å². The number of sulfonamides is 1. The number of furan rings is 1. The van der Waals surface area contributed by atoms with Gasteiger partial charge in [-0.15, -0.1) is 0 Å². The van der Waals surface area contributed by atoms with Crippen molar-refractivity contribution in [2.75, 3.05) is 65.7 Å². The van der Waals surface area contributed by atoms with Crippen molar-refractivity contribution in [2.45, 2.75) is 17.4 Å². The van der Waals surface area contributed by atoms with Gasteiger partial charge < -0.3 is 23.9 Å². The van der Waals surface area contributed by atoms with E-state index in [0.29, 0.717) is 45.2 Å². The number of ketones is 1. The minimum atomic E-state index is -3.72. The van der Waals surface area contributed by atoms with Crippen LogP contribution in [0.5, 0.6) is 0 Å². The molecule has 38 heavy (non-hydrogen) atoms. The molecule has 1 atom stereocenters. The van der Waals surface area contributed by atoms with Gasteiger partial charge in [-0.3, -0.25) is 14.5 Å². The zero-order valence-corrected chi connectivity index (χ0v) is 21.8. The van der Waals surface area contributed by atoms with Crippen molar-refractivity contribution >= 4 is 27.5 Å². The minimum absolute atomic E-state index is 0.0714. The first-order valence-corrected chi connectivity index (χ1v) is 14.1. The monoisotopic (exact) mass is 545 g/mol. The van der Waals surface area contributed by atoms with Gasteiger partial charge in [-0.2, -0.15) is 4.31 Å². The number of ether oxygens (including phenoxy) is 2. The highest BCUT2D eigenvalue weighted by molar-refractivity contribution is 7.89. The molecule has 1 aromatic heterocycles. The third-order valence-electron chi connectivity index (χ3n) is 7.07. The Bertz CT molecular complexity index is 1280. The fraction of sp³-hybridized carbons (Fsp3) is 0.462. The predicted octanol–water partition coefficient (Wildman–Crippen LogP) is 1.44. The van der Waals surface area contributed by atoms with Crippen molar-refractivity contribution in [3.63, 3.8) is 0 Å². The molecule has 0 spiro atoms. The lowest BCUT2D eigenvalue weighted by Crippen LogP contribution is -2.40. The summed E-state index contributed by atoms with van der Waals surface area (Å²) >= 11 is 0. The lowest BCUT2D eigenvalue weighted by Gasteiger charge is -2.28. The van der Waals surface area contributed by atoms with Crippen molar-refractivity contribution < 1.29 is 37.0 Å². The third-order valence-corrected chi connectivity index (χ3v) is 8.98. The summed E-state index contributed by atoms with van der Waals surface area (Å²) < 4.78 is 43.4. The number of rotatable bonds is 8. The summed E-state index contributed by atoms with van der Waals surface area (Å²) in [4.78, 5) is 30.0. The molecule has 2 aromatic rings. The molecule has 1 amide bonds. The molecule has 1 unspecified atom stereocenters. The highest BCUT2D eigenvalue weighted by Gasteiger charge is 2.47. The van der Waals surface area contributed by atoms with E-state index in [1.54, 1.807) is 12.1 Å². The molecular weight excluding hydrogens is 514 g/mol. The highest BCUT2D eigenvalue weighted by atomic mass is 32.2. The van der Waals surface area contributed by atoms with Crippen LogP contribution in [0, 0.1) is 0 Å². The second kappa shape index (κ2) is 11.4.